The maximum atomic E-state index is 2.61. The third-order valence-corrected chi connectivity index (χ3v) is 5.34. The Morgan fingerprint density at radius 1 is 1.00 bits per heavy atom. The standard InChI is InChI=1S/C9H14IP/c1-11(2,3,10)9-7-5-4-6-8-9/h4-8H,1-3H3. The molecule has 0 saturated carbocycles. The second kappa shape index (κ2) is 2.70. The van der Waals surface area contributed by atoms with Gasteiger partial charge in [-0.15, -0.1) is 0 Å². The first-order valence-corrected chi connectivity index (χ1v) is 10.0. The Morgan fingerprint density at radius 3 is 1.73 bits per heavy atom. The number of hydrogen-bond acceptors (Lipinski definition) is 0. The zero-order valence-electron chi connectivity index (χ0n) is 7.21. The fourth-order valence-electron chi connectivity index (χ4n) is 0.932. The average Bonchev–Trinajstić information content (AvgIpc) is 1.86. The van der Waals surface area contributed by atoms with Crippen molar-refractivity contribution in [2.45, 2.75) is 0 Å². The summed E-state index contributed by atoms with van der Waals surface area (Å²) in [5, 5.41) is 1.50. The van der Waals surface area contributed by atoms with Crippen LogP contribution in [0.3, 0.4) is 0 Å². The Balaban J connectivity index is 3.14. The molecule has 0 aliphatic heterocycles. The maximum absolute atomic E-state index is 2.61. The fourth-order valence-corrected chi connectivity index (χ4v) is 3.08. The molecule has 0 bridgehead atoms. The van der Waals surface area contributed by atoms with Crippen molar-refractivity contribution in [1.29, 1.82) is 0 Å². The van der Waals surface area contributed by atoms with Crippen LogP contribution in [0.5, 0.6) is 0 Å². The topological polar surface area (TPSA) is 0 Å². The van der Waals surface area contributed by atoms with Gasteiger partial charge in [0.25, 0.3) is 0 Å². The summed E-state index contributed by atoms with van der Waals surface area (Å²) in [7, 11) is 0. The molecule has 0 nitrogen and oxygen atoms in total. The molecule has 0 spiro atoms. The van der Waals surface area contributed by atoms with Gasteiger partial charge in [0, 0.05) is 0 Å². The molecule has 0 unspecified atom stereocenters. The molecule has 0 heterocycles. The molecule has 0 radical (unpaired) electrons. The molecule has 1 aromatic carbocycles. The molecular weight excluding hydrogens is 266 g/mol. The molecule has 0 atom stereocenters. The van der Waals surface area contributed by atoms with Gasteiger partial charge in [-0.2, -0.15) is 0 Å². The summed E-state index contributed by atoms with van der Waals surface area (Å²) in [4.78, 5) is 0. The summed E-state index contributed by atoms with van der Waals surface area (Å²) in [6.07, 6.45) is 0. The summed E-state index contributed by atoms with van der Waals surface area (Å²) < 4.78 is -1.52. The van der Waals surface area contributed by atoms with Crippen molar-refractivity contribution >= 4 is 31.6 Å². The van der Waals surface area contributed by atoms with E-state index in [1.165, 1.54) is 5.30 Å². The van der Waals surface area contributed by atoms with Crippen LogP contribution < -0.4 is 5.30 Å². The molecule has 0 aliphatic rings. The summed E-state index contributed by atoms with van der Waals surface area (Å²) >= 11 is 2.61. The van der Waals surface area contributed by atoms with E-state index < -0.39 is 4.25 Å². The van der Waals surface area contributed by atoms with E-state index in [4.69, 9.17) is 0 Å². The van der Waals surface area contributed by atoms with E-state index >= 15 is 0 Å². The van der Waals surface area contributed by atoms with Crippen LogP contribution in [0, 0.1) is 0 Å². The molecule has 2 heteroatoms. The van der Waals surface area contributed by atoms with E-state index in [0.717, 1.165) is 0 Å². The first-order valence-electron chi connectivity index (χ1n) is 3.64. The summed E-state index contributed by atoms with van der Waals surface area (Å²) in [6.45, 7) is 7.09. The summed E-state index contributed by atoms with van der Waals surface area (Å²) in [6, 6.07) is 10.8. The first kappa shape index (κ1) is 9.47. The van der Waals surface area contributed by atoms with E-state index in [1.54, 1.807) is 0 Å². The van der Waals surface area contributed by atoms with E-state index in [9.17, 15) is 0 Å². The van der Waals surface area contributed by atoms with Crippen molar-refractivity contribution in [2.75, 3.05) is 20.0 Å². The third-order valence-electron chi connectivity index (χ3n) is 1.63. The Bertz CT molecular complexity index is 236. The van der Waals surface area contributed by atoms with Crippen LogP contribution in [-0.2, 0) is 0 Å². The van der Waals surface area contributed by atoms with Gasteiger partial charge in [-0.3, -0.25) is 0 Å². The van der Waals surface area contributed by atoms with Crippen molar-refractivity contribution in [2.24, 2.45) is 0 Å². The molecule has 0 aromatic heterocycles. The van der Waals surface area contributed by atoms with Gasteiger partial charge < -0.3 is 0 Å². The monoisotopic (exact) mass is 280 g/mol. The molecule has 0 amide bonds. The molecule has 62 valence electrons. The van der Waals surface area contributed by atoms with Crippen LogP contribution >= 0.6 is 26.3 Å². The van der Waals surface area contributed by atoms with Gasteiger partial charge in [0.1, 0.15) is 0 Å². The molecule has 1 aromatic rings. The van der Waals surface area contributed by atoms with Crippen molar-refractivity contribution in [3.05, 3.63) is 30.3 Å². The molecule has 0 fully saturated rings. The van der Waals surface area contributed by atoms with Gasteiger partial charge >= 0.3 is 81.9 Å². The zero-order valence-corrected chi connectivity index (χ0v) is 10.3. The van der Waals surface area contributed by atoms with Gasteiger partial charge in [-0.25, -0.2) is 0 Å². The Hall–Kier alpha value is 0.380. The van der Waals surface area contributed by atoms with Crippen molar-refractivity contribution < 1.29 is 0 Å². The van der Waals surface area contributed by atoms with Crippen LogP contribution in [-0.4, -0.2) is 20.0 Å². The quantitative estimate of drug-likeness (QED) is 0.547. The number of rotatable bonds is 1. The predicted molar refractivity (Wildman–Crippen MR) is 64.8 cm³/mol. The predicted octanol–water partition coefficient (Wildman–Crippen LogP) is 3.10. The van der Waals surface area contributed by atoms with Gasteiger partial charge in [0.05, 0.1) is 0 Å². The van der Waals surface area contributed by atoms with Crippen LogP contribution in [0.15, 0.2) is 30.3 Å². The molecule has 1 rings (SSSR count). The Kier molecular flexibility index (Phi) is 2.33. The minimum absolute atomic E-state index is 1.50. The second-order valence-electron chi connectivity index (χ2n) is 3.94. The average molecular weight is 280 g/mol. The van der Waals surface area contributed by atoms with Gasteiger partial charge in [-0.1, -0.05) is 0 Å². The second-order valence-corrected chi connectivity index (χ2v) is 19.8. The fraction of sp³-hybridized carbons (Fsp3) is 0.333. The molecule has 11 heavy (non-hydrogen) atoms. The molecular formula is C9H14IP. The van der Waals surface area contributed by atoms with Gasteiger partial charge in [0.2, 0.25) is 0 Å². The van der Waals surface area contributed by atoms with E-state index in [2.05, 4.69) is 72.4 Å². The Labute approximate surface area is 81.8 Å². The number of hydrogen-bond donors (Lipinski definition) is 0. The molecule has 0 saturated heterocycles. The van der Waals surface area contributed by atoms with Crippen LogP contribution in [0.2, 0.25) is 0 Å². The van der Waals surface area contributed by atoms with E-state index in [1.807, 2.05) is 0 Å². The van der Waals surface area contributed by atoms with Crippen molar-refractivity contribution in [3.8, 4) is 0 Å². The van der Waals surface area contributed by atoms with Crippen LogP contribution in [0.1, 0.15) is 0 Å². The van der Waals surface area contributed by atoms with Crippen molar-refractivity contribution in [1.82, 2.24) is 0 Å². The minimum atomic E-state index is -1.52. The van der Waals surface area contributed by atoms with E-state index in [-0.39, 0.29) is 0 Å². The third kappa shape index (κ3) is 2.72. The van der Waals surface area contributed by atoms with Crippen molar-refractivity contribution in [3.63, 3.8) is 0 Å². The molecule has 0 aliphatic carbocycles. The number of halogens is 1. The Morgan fingerprint density at radius 2 is 1.45 bits per heavy atom. The zero-order chi connectivity index (χ0) is 8.56. The van der Waals surface area contributed by atoms with Gasteiger partial charge in [-0.05, 0) is 0 Å². The van der Waals surface area contributed by atoms with Gasteiger partial charge in [0.15, 0.2) is 0 Å². The normalized spacial score (nSPS) is 15.5. The summed E-state index contributed by atoms with van der Waals surface area (Å²) in [5.41, 5.74) is 0. The van der Waals surface area contributed by atoms with E-state index in [0.29, 0.717) is 0 Å². The first-order chi connectivity index (χ1) is 4.86. The van der Waals surface area contributed by atoms with Crippen LogP contribution in [0.25, 0.3) is 0 Å². The SMILES string of the molecule is CP(C)(C)(I)c1ccccc1. The summed E-state index contributed by atoms with van der Waals surface area (Å²) in [5.74, 6) is 0. The van der Waals surface area contributed by atoms with Crippen LogP contribution in [0.4, 0.5) is 0 Å². The number of benzene rings is 1. The molecule has 0 N–H and O–H groups in total.